The molecule has 0 aromatic carbocycles. The predicted molar refractivity (Wildman–Crippen MR) is 147 cm³/mol. The van der Waals surface area contributed by atoms with E-state index in [4.69, 9.17) is 4.74 Å². The molecule has 0 aromatic heterocycles. The van der Waals surface area contributed by atoms with Crippen LogP contribution >= 0.6 is 0 Å². The van der Waals surface area contributed by atoms with Crippen LogP contribution in [0.15, 0.2) is 0 Å². The van der Waals surface area contributed by atoms with Gasteiger partial charge < -0.3 is 25.1 Å². The van der Waals surface area contributed by atoms with Crippen LogP contribution in [0, 0.1) is 56.7 Å². The summed E-state index contributed by atoms with van der Waals surface area (Å²) in [6.07, 6.45) is 10.9. The van der Waals surface area contributed by atoms with Crippen LogP contribution in [0.2, 0.25) is 0 Å². The molecule has 0 heterocycles. The summed E-state index contributed by atoms with van der Waals surface area (Å²) in [6.45, 7) is 14.1. The molecule has 2 N–H and O–H groups in total. The molecule has 6 aliphatic rings. The largest absolute Gasteiger partial charge is 1.00 e. The zero-order chi connectivity index (χ0) is 28.2. The van der Waals surface area contributed by atoms with Crippen molar-refractivity contribution in [3.05, 3.63) is 0 Å². The smallest absolute Gasteiger partial charge is 0.550 e. The molecule has 0 radical (unpaired) electrons. The van der Waals surface area contributed by atoms with Crippen molar-refractivity contribution < 1.29 is 54.1 Å². The van der Waals surface area contributed by atoms with Gasteiger partial charge in [0, 0.05) is 22.8 Å². The fourth-order valence-corrected chi connectivity index (χ4v) is 12.3. The Morgan fingerprint density at radius 3 is 2.17 bits per heavy atom. The van der Waals surface area contributed by atoms with Crippen LogP contribution in [0.25, 0.3) is 0 Å². The minimum absolute atomic E-state index is 0. The summed E-state index contributed by atoms with van der Waals surface area (Å²) in [6, 6.07) is 0.306. The van der Waals surface area contributed by atoms with E-state index in [-0.39, 0.29) is 75.3 Å². The maximum Gasteiger partial charge on any atom is 1.00 e. The molecule has 0 unspecified atom stereocenters. The Balaban J connectivity index is 0.00000323. The van der Waals surface area contributed by atoms with Crippen LogP contribution in [0.4, 0.5) is 4.79 Å². The summed E-state index contributed by atoms with van der Waals surface area (Å²) in [4.78, 5) is 25.3. The molecule has 6 fully saturated rings. The van der Waals surface area contributed by atoms with E-state index in [2.05, 4.69) is 39.9 Å². The number of carboxylic acids is 1. The van der Waals surface area contributed by atoms with Crippen LogP contribution in [-0.4, -0.2) is 35.4 Å². The van der Waals surface area contributed by atoms with Gasteiger partial charge in [-0.15, -0.1) is 0 Å². The van der Waals surface area contributed by atoms with Crippen LogP contribution in [-0.2, 0) is 9.53 Å². The Labute approximate surface area is 263 Å². The summed E-state index contributed by atoms with van der Waals surface area (Å²) in [7, 11) is 0. The molecular weight excluding hydrogens is 513 g/mol. The topological polar surface area (TPSA) is 98.7 Å². The van der Waals surface area contributed by atoms with Gasteiger partial charge in [-0.1, -0.05) is 34.6 Å². The van der Waals surface area contributed by atoms with Crippen molar-refractivity contribution in [2.75, 3.05) is 0 Å². The Bertz CT molecular complexity index is 1030. The fourth-order valence-electron chi connectivity index (χ4n) is 12.3. The first-order valence-corrected chi connectivity index (χ1v) is 16.1. The van der Waals surface area contributed by atoms with Gasteiger partial charge in [-0.25, -0.2) is 4.79 Å². The monoisotopic (exact) mass is 565 g/mol. The van der Waals surface area contributed by atoms with Crippen molar-refractivity contribution in [1.82, 2.24) is 5.32 Å². The first-order valence-electron chi connectivity index (χ1n) is 16.1. The van der Waals surface area contributed by atoms with Gasteiger partial charge in [-0.2, -0.15) is 0 Å². The number of hydrogen-bond donors (Lipinski definition) is 2. The third-order valence-electron chi connectivity index (χ3n) is 14.6. The van der Waals surface area contributed by atoms with Crippen molar-refractivity contribution in [1.29, 1.82) is 0 Å². The number of alkyl carbamates (subject to hydrolysis) is 1. The average Bonchev–Trinajstić information content (AvgIpc) is 3.56. The normalized spacial score (nSPS) is 49.7. The van der Waals surface area contributed by atoms with E-state index >= 15 is 0 Å². The number of hydrogen-bond acceptors (Lipinski definition) is 5. The molecule has 0 aliphatic heterocycles. The number of nitrogens with one attached hydrogen (secondary N) is 1. The summed E-state index contributed by atoms with van der Waals surface area (Å²) < 4.78 is 6.10. The number of ether oxygens (including phenoxy) is 1. The number of aliphatic hydroxyl groups excluding tert-OH is 1. The van der Waals surface area contributed by atoms with Crippen LogP contribution in [0.1, 0.15) is 119 Å². The molecule has 0 aromatic rings. The Morgan fingerprint density at radius 2 is 1.55 bits per heavy atom. The predicted octanol–water partition coefficient (Wildman–Crippen LogP) is 2.46. The van der Waals surface area contributed by atoms with Gasteiger partial charge in [0.2, 0.25) is 0 Å². The average molecular weight is 566 g/mol. The second-order valence-electron chi connectivity index (χ2n) is 16.3. The molecule has 6 nitrogen and oxygen atoms in total. The number of aliphatic hydroxyl groups is 1. The van der Waals surface area contributed by atoms with E-state index in [1.807, 2.05) is 6.92 Å². The van der Waals surface area contributed by atoms with Gasteiger partial charge >= 0.3 is 35.7 Å². The summed E-state index contributed by atoms with van der Waals surface area (Å²) in [5.41, 5.74) is -0.522. The maximum atomic E-state index is 12.7. The van der Waals surface area contributed by atoms with Gasteiger partial charge in [0.05, 0.1) is 6.10 Å². The van der Waals surface area contributed by atoms with Gasteiger partial charge in [-0.05, 0) is 130 Å². The zero-order valence-electron chi connectivity index (χ0n) is 26.2. The summed E-state index contributed by atoms with van der Waals surface area (Å²) in [5.74, 6) is 0.548. The van der Waals surface area contributed by atoms with Gasteiger partial charge in [0.25, 0.3) is 0 Å². The zero-order valence-corrected chi connectivity index (χ0v) is 28.2. The van der Waals surface area contributed by atoms with Crippen LogP contribution < -0.4 is 40.0 Å². The van der Waals surface area contributed by atoms with Gasteiger partial charge in [0.15, 0.2) is 0 Å². The number of rotatable bonds is 4. The van der Waals surface area contributed by atoms with Gasteiger partial charge in [-0.3, -0.25) is 0 Å². The minimum atomic E-state index is -0.869. The Morgan fingerprint density at radius 1 is 0.850 bits per heavy atom. The standard InChI is InChI=1S/C33H53NO5.Na/c1-19(35)21-11-16-33(27(36)37)18-17-31(5)22(26(21)33)9-10-24-30(4)14-13-25(39-28(38)34-20-7-8-20)29(2,3)23(30)12-15-32(24,31)6;/h19-26,35H,7-18H2,1-6H3,(H,34,38)(H,36,37);/q;+1/p-1/t19-,21-,22+,23-,24+,25+,26+,30-,31+,32+,33-;/m0./s1. The molecular formula is C33H52NNaO5. The molecule has 6 aliphatic carbocycles. The van der Waals surface area contributed by atoms with Gasteiger partial charge in [0.1, 0.15) is 6.10 Å². The van der Waals surface area contributed by atoms with Crippen molar-refractivity contribution in [3.8, 4) is 0 Å². The molecule has 0 spiro atoms. The molecule has 0 saturated heterocycles. The van der Waals surface area contributed by atoms with Crippen molar-refractivity contribution in [2.45, 2.75) is 137 Å². The molecule has 6 saturated carbocycles. The number of fused-ring (bicyclic) bond motifs is 7. The molecule has 40 heavy (non-hydrogen) atoms. The number of carbonyl (C=O) groups excluding carboxylic acids is 2. The maximum absolute atomic E-state index is 12.7. The van der Waals surface area contributed by atoms with E-state index in [1.165, 1.54) is 0 Å². The first-order chi connectivity index (χ1) is 18.2. The third kappa shape index (κ3) is 4.22. The number of carboxylic acid groups (broad SMARTS) is 1. The van der Waals surface area contributed by atoms with E-state index in [0.717, 1.165) is 64.2 Å². The quantitative estimate of drug-likeness (QED) is 0.511. The van der Waals surface area contributed by atoms with E-state index in [1.54, 1.807) is 0 Å². The number of amides is 1. The second-order valence-corrected chi connectivity index (χ2v) is 16.3. The number of carbonyl (C=O) groups is 2. The molecule has 7 heteroatoms. The molecule has 6 rings (SSSR count). The fraction of sp³-hybridized carbons (Fsp3) is 0.939. The van der Waals surface area contributed by atoms with Crippen LogP contribution in [0.3, 0.4) is 0 Å². The van der Waals surface area contributed by atoms with Crippen molar-refractivity contribution >= 4 is 12.1 Å². The SMILES string of the molecule is C[C@H](O)[C@@H]1CC[C@]2(C(=O)[O-])CC[C@]3(C)[C@H](CC[C@@H]4[C@@]5(C)CC[C@@H](OC(=O)NC6CC6)C(C)(C)[C@@H]5CC[C@]43C)[C@@H]12.[Na+]. The van der Waals surface area contributed by atoms with Crippen molar-refractivity contribution in [3.63, 3.8) is 0 Å². The van der Waals surface area contributed by atoms with Crippen molar-refractivity contribution in [2.24, 2.45) is 56.7 Å². The second kappa shape index (κ2) is 10.1. The van der Waals surface area contributed by atoms with Crippen LogP contribution in [0.5, 0.6) is 0 Å². The Kier molecular flexibility index (Phi) is 7.88. The summed E-state index contributed by atoms with van der Waals surface area (Å²) in [5, 5.41) is 26.5. The molecule has 220 valence electrons. The number of aliphatic carboxylic acids is 1. The third-order valence-corrected chi connectivity index (χ3v) is 14.6. The Hall–Kier alpha value is -0.300. The van der Waals surface area contributed by atoms with E-state index < -0.39 is 17.5 Å². The summed E-state index contributed by atoms with van der Waals surface area (Å²) >= 11 is 0. The minimum Gasteiger partial charge on any atom is -0.550 e. The molecule has 1 amide bonds. The van der Waals surface area contributed by atoms with E-state index in [0.29, 0.717) is 36.6 Å². The molecule has 0 bridgehead atoms. The first kappa shape index (κ1) is 31.1. The van der Waals surface area contributed by atoms with E-state index in [9.17, 15) is 19.8 Å². The molecule has 11 atom stereocenters.